The van der Waals surface area contributed by atoms with E-state index in [0.29, 0.717) is 11.4 Å². The van der Waals surface area contributed by atoms with E-state index in [0.717, 1.165) is 29.2 Å². The molecule has 2 N–H and O–H groups in total. The maximum absolute atomic E-state index is 13.6. The molecule has 1 amide bonds. The molecular weight excluding hydrogens is 365 g/mol. The summed E-state index contributed by atoms with van der Waals surface area (Å²) in [7, 11) is 0. The topological polar surface area (TPSA) is 54.0 Å². The van der Waals surface area contributed by atoms with E-state index in [1.807, 2.05) is 30.3 Å². The maximum Gasteiger partial charge on any atom is 0.230 e. The van der Waals surface area contributed by atoms with Crippen LogP contribution in [0.2, 0.25) is 5.02 Å². The van der Waals surface area contributed by atoms with E-state index in [1.165, 1.54) is 6.07 Å². The lowest BCUT2D eigenvalue weighted by atomic mass is 10.1. The first-order chi connectivity index (χ1) is 13.1. The van der Waals surface area contributed by atoms with Crippen molar-refractivity contribution < 1.29 is 9.18 Å². The third-order valence-electron chi connectivity index (χ3n) is 3.97. The molecule has 0 spiro atoms. The summed E-state index contributed by atoms with van der Waals surface area (Å²) >= 11 is 5.97. The molecule has 0 aliphatic rings. The van der Waals surface area contributed by atoms with Gasteiger partial charge in [-0.15, -0.1) is 0 Å². The van der Waals surface area contributed by atoms with Gasteiger partial charge in [-0.25, -0.2) is 9.37 Å². The first-order valence-corrected chi connectivity index (χ1v) is 8.95. The number of carbonyl (C=O) groups is 1. The van der Waals surface area contributed by atoms with E-state index < -0.39 is 0 Å². The molecule has 3 rings (SSSR count). The number of hydrogen-bond acceptors (Lipinski definition) is 3. The van der Waals surface area contributed by atoms with Crippen molar-refractivity contribution in [2.75, 3.05) is 17.2 Å². The molecule has 0 atom stereocenters. The molecule has 27 heavy (non-hydrogen) atoms. The number of aromatic nitrogens is 1. The van der Waals surface area contributed by atoms with Crippen molar-refractivity contribution in [1.82, 2.24) is 4.98 Å². The summed E-state index contributed by atoms with van der Waals surface area (Å²) in [6.07, 6.45) is 2.45. The summed E-state index contributed by atoms with van der Waals surface area (Å²) in [6.45, 7) is 0.737. The number of nitrogens with zero attached hydrogens (tertiary/aromatic N) is 1. The van der Waals surface area contributed by atoms with Gasteiger partial charge < -0.3 is 10.6 Å². The van der Waals surface area contributed by atoms with Crippen LogP contribution in [0.15, 0.2) is 66.9 Å². The van der Waals surface area contributed by atoms with Crippen LogP contribution < -0.4 is 10.6 Å². The Balaban J connectivity index is 1.48. The number of benzene rings is 2. The lowest BCUT2D eigenvalue weighted by molar-refractivity contribution is -0.115. The van der Waals surface area contributed by atoms with Gasteiger partial charge in [-0.1, -0.05) is 41.9 Å². The van der Waals surface area contributed by atoms with Crippen molar-refractivity contribution in [1.29, 1.82) is 0 Å². The minimum absolute atomic E-state index is 0.0337. The highest BCUT2D eigenvalue weighted by atomic mass is 35.5. The number of nitrogens with one attached hydrogen (secondary N) is 2. The van der Waals surface area contributed by atoms with Gasteiger partial charge >= 0.3 is 0 Å². The molecule has 0 aliphatic heterocycles. The molecule has 4 nitrogen and oxygen atoms in total. The fourth-order valence-electron chi connectivity index (χ4n) is 2.62. The van der Waals surface area contributed by atoms with E-state index >= 15 is 0 Å². The molecule has 1 heterocycles. The summed E-state index contributed by atoms with van der Waals surface area (Å²) in [5, 5.41) is 6.67. The number of carbonyl (C=O) groups excluding carboxylic acids is 1. The van der Waals surface area contributed by atoms with Crippen molar-refractivity contribution in [2.45, 2.75) is 12.8 Å². The molecule has 0 fully saturated rings. The number of halogens is 2. The van der Waals surface area contributed by atoms with Crippen molar-refractivity contribution in [2.24, 2.45) is 0 Å². The van der Waals surface area contributed by atoms with Crippen LogP contribution >= 0.6 is 11.6 Å². The Kier molecular flexibility index (Phi) is 6.39. The molecule has 138 valence electrons. The van der Waals surface area contributed by atoms with Crippen LogP contribution in [0.5, 0.6) is 0 Å². The summed E-state index contributed by atoms with van der Waals surface area (Å²) in [6, 6.07) is 17.5. The Morgan fingerprint density at radius 3 is 2.67 bits per heavy atom. The largest absolute Gasteiger partial charge is 0.383 e. The smallest absolute Gasteiger partial charge is 0.230 e. The van der Waals surface area contributed by atoms with Crippen LogP contribution in [0.25, 0.3) is 0 Å². The van der Waals surface area contributed by atoms with Gasteiger partial charge in [0.1, 0.15) is 11.6 Å². The molecule has 0 saturated carbocycles. The highest BCUT2D eigenvalue weighted by Gasteiger charge is 2.08. The normalized spacial score (nSPS) is 10.4. The first kappa shape index (κ1) is 18.9. The lowest BCUT2D eigenvalue weighted by Gasteiger charge is -2.08. The molecule has 0 unspecified atom stereocenters. The van der Waals surface area contributed by atoms with Gasteiger partial charge in [-0.05, 0) is 47.9 Å². The van der Waals surface area contributed by atoms with Crippen LogP contribution in [0.3, 0.4) is 0 Å². The monoisotopic (exact) mass is 383 g/mol. The standard InChI is InChI=1S/C21H19ClFN3O/c22-17-6-3-4-15(12-17)10-11-24-18-8-9-20(25-14-18)26-21(27)13-16-5-1-2-7-19(16)23/h1-9,12,14,24H,10-11,13H2,(H,25,26,27). The number of rotatable bonds is 7. The number of pyridine rings is 1. The van der Waals surface area contributed by atoms with E-state index in [-0.39, 0.29) is 18.1 Å². The van der Waals surface area contributed by atoms with Crippen LogP contribution in [-0.4, -0.2) is 17.4 Å². The van der Waals surface area contributed by atoms with E-state index in [9.17, 15) is 9.18 Å². The minimum atomic E-state index is -0.389. The second-order valence-corrected chi connectivity index (χ2v) is 6.49. The van der Waals surface area contributed by atoms with Gasteiger partial charge in [-0.3, -0.25) is 4.79 Å². The van der Waals surface area contributed by atoms with Crippen molar-refractivity contribution in [3.8, 4) is 0 Å². The average Bonchev–Trinajstić information content (AvgIpc) is 2.65. The van der Waals surface area contributed by atoms with E-state index in [1.54, 1.807) is 30.5 Å². The molecule has 0 aliphatic carbocycles. The predicted molar refractivity (Wildman–Crippen MR) is 107 cm³/mol. The highest BCUT2D eigenvalue weighted by molar-refractivity contribution is 6.30. The minimum Gasteiger partial charge on any atom is -0.383 e. The van der Waals surface area contributed by atoms with Crippen molar-refractivity contribution >= 4 is 29.0 Å². The fourth-order valence-corrected chi connectivity index (χ4v) is 2.83. The molecule has 2 aromatic carbocycles. The summed E-state index contributed by atoms with van der Waals surface area (Å²) in [5.74, 6) is -0.272. The third kappa shape index (κ3) is 5.79. The van der Waals surface area contributed by atoms with Crippen molar-refractivity contribution in [3.63, 3.8) is 0 Å². The van der Waals surface area contributed by atoms with Gasteiger partial charge in [-0.2, -0.15) is 0 Å². The summed E-state index contributed by atoms with van der Waals surface area (Å²) in [5.41, 5.74) is 2.36. The van der Waals surface area contributed by atoms with Crippen molar-refractivity contribution in [3.05, 3.63) is 88.8 Å². The molecule has 3 aromatic rings. The molecule has 0 saturated heterocycles. The predicted octanol–water partition coefficient (Wildman–Crippen LogP) is 4.71. The zero-order chi connectivity index (χ0) is 19.1. The number of amides is 1. The van der Waals surface area contributed by atoms with E-state index in [2.05, 4.69) is 15.6 Å². The van der Waals surface area contributed by atoms with Gasteiger partial charge in [0.25, 0.3) is 0 Å². The quantitative estimate of drug-likeness (QED) is 0.621. The average molecular weight is 384 g/mol. The Morgan fingerprint density at radius 2 is 1.93 bits per heavy atom. The Labute approximate surface area is 162 Å². The Hall–Kier alpha value is -2.92. The number of hydrogen-bond donors (Lipinski definition) is 2. The third-order valence-corrected chi connectivity index (χ3v) is 4.21. The van der Waals surface area contributed by atoms with Crippen LogP contribution in [0.1, 0.15) is 11.1 Å². The molecule has 6 heteroatoms. The van der Waals surface area contributed by atoms with Gasteiger partial charge in [0.2, 0.25) is 5.91 Å². The second-order valence-electron chi connectivity index (χ2n) is 6.06. The van der Waals surface area contributed by atoms with Gasteiger partial charge in [0.15, 0.2) is 0 Å². The van der Waals surface area contributed by atoms with Crippen LogP contribution in [0.4, 0.5) is 15.9 Å². The van der Waals surface area contributed by atoms with Gasteiger partial charge in [0, 0.05) is 11.6 Å². The maximum atomic E-state index is 13.6. The van der Waals surface area contributed by atoms with E-state index in [4.69, 9.17) is 11.6 Å². The molecule has 0 bridgehead atoms. The summed E-state index contributed by atoms with van der Waals surface area (Å²) in [4.78, 5) is 16.2. The second kappa shape index (κ2) is 9.14. The van der Waals surface area contributed by atoms with Crippen LogP contribution in [-0.2, 0) is 17.6 Å². The fraction of sp³-hybridized carbons (Fsp3) is 0.143. The number of anilines is 2. The Morgan fingerprint density at radius 1 is 1.07 bits per heavy atom. The van der Waals surface area contributed by atoms with Gasteiger partial charge in [0.05, 0.1) is 18.3 Å². The molecule has 0 radical (unpaired) electrons. The lowest BCUT2D eigenvalue weighted by Crippen LogP contribution is -2.16. The zero-order valence-corrected chi connectivity index (χ0v) is 15.3. The Bertz CT molecular complexity index is 915. The van der Waals surface area contributed by atoms with Crippen LogP contribution in [0, 0.1) is 5.82 Å². The first-order valence-electron chi connectivity index (χ1n) is 8.58. The molecular formula is C21H19ClFN3O. The highest BCUT2D eigenvalue weighted by Crippen LogP contribution is 2.13. The summed E-state index contributed by atoms with van der Waals surface area (Å²) < 4.78 is 13.6. The molecule has 1 aromatic heterocycles. The SMILES string of the molecule is O=C(Cc1ccccc1F)Nc1ccc(NCCc2cccc(Cl)c2)cn1. The zero-order valence-electron chi connectivity index (χ0n) is 14.6.